The second-order valence-electron chi connectivity index (χ2n) is 5.18. The zero-order valence-electron chi connectivity index (χ0n) is 12.9. The predicted octanol–water partition coefficient (Wildman–Crippen LogP) is 2.42. The third kappa shape index (κ3) is 4.87. The van der Waals surface area contributed by atoms with E-state index in [1.807, 2.05) is 11.8 Å². The standard InChI is InChI=1S/C16H23FN2O3/c1-2-21-12-14-4-3-10-19(14)16(20)18-9-11-22-15-7-5-13(17)6-8-15/h5-8,14H,2-4,9-12H2,1H3,(H,18,20)/t14-/m1/s1. The van der Waals surface area contributed by atoms with Crippen LogP contribution in [-0.2, 0) is 4.74 Å². The topological polar surface area (TPSA) is 50.8 Å². The maximum atomic E-state index is 12.8. The molecular formula is C16H23FN2O3. The molecule has 122 valence electrons. The molecule has 1 N–H and O–H groups in total. The molecule has 1 saturated heterocycles. The number of hydrogen-bond acceptors (Lipinski definition) is 3. The molecule has 1 aliphatic heterocycles. The highest BCUT2D eigenvalue weighted by molar-refractivity contribution is 5.74. The maximum Gasteiger partial charge on any atom is 0.317 e. The molecule has 6 heteroatoms. The van der Waals surface area contributed by atoms with Gasteiger partial charge in [-0.05, 0) is 44.0 Å². The van der Waals surface area contributed by atoms with Crippen molar-refractivity contribution >= 4 is 6.03 Å². The van der Waals surface area contributed by atoms with Gasteiger partial charge < -0.3 is 19.7 Å². The van der Waals surface area contributed by atoms with Gasteiger partial charge in [0.15, 0.2) is 0 Å². The third-order valence-corrected chi connectivity index (χ3v) is 3.61. The molecule has 0 unspecified atom stereocenters. The molecule has 1 aliphatic rings. The number of benzene rings is 1. The van der Waals surface area contributed by atoms with Gasteiger partial charge in [0.2, 0.25) is 0 Å². The fraction of sp³-hybridized carbons (Fsp3) is 0.562. The average molecular weight is 310 g/mol. The number of likely N-dealkylation sites (tertiary alicyclic amines) is 1. The number of urea groups is 1. The highest BCUT2D eigenvalue weighted by Gasteiger charge is 2.28. The summed E-state index contributed by atoms with van der Waals surface area (Å²) in [5, 5.41) is 2.84. The Morgan fingerprint density at radius 2 is 2.18 bits per heavy atom. The first kappa shape index (κ1) is 16.5. The lowest BCUT2D eigenvalue weighted by molar-refractivity contribution is 0.0938. The first-order chi connectivity index (χ1) is 10.7. The van der Waals surface area contributed by atoms with E-state index < -0.39 is 0 Å². The molecule has 5 nitrogen and oxygen atoms in total. The number of hydrogen-bond donors (Lipinski definition) is 1. The zero-order chi connectivity index (χ0) is 15.8. The Kier molecular flexibility index (Phi) is 6.45. The number of nitrogens with one attached hydrogen (secondary N) is 1. The minimum absolute atomic E-state index is 0.0788. The van der Waals surface area contributed by atoms with E-state index in [-0.39, 0.29) is 17.9 Å². The van der Waals surface area contributed by atoms with Crippen LogP contribution < -0.4 is 10.1 Å². The van der Waals surface area contributed by atoms with Crippen molar-refractivity contribution in [3.63, 3.8) is 0 Å². The first-order valence-corrected chi connectivity index (χ1v) is 7.71. The Labute approximate surface area is 130 Å². The van der Waals surface area contributed by atoms with Gasteiger partial charge in [0.1, 0.15) is 18.2 Å². The normalized spacial score (nSPS) is 17.5. The lowest BCUT2D eigenvalue weighted by Gasteiger charge is -2.24. The van der Waals surface area contributed by atoms with Crippen LogP contribution in [0.15, 0.2) is 24.3 Å². The molecule has 1 fully saturated rings. The highest BCUT2D eigenvalue weighted by Crippen LogP contribution is 2.17. The van der Waals surface area contributed by atoms with E-state index in [4.69, 9.17) is 9.47 Å². The van der Waals surface area contributed by atoms with E-state index in [0.29, 0.717) is 32.1 Å². The Hall–Kier alpha value is -1.82. The SMILES string of the molecule is CCOC[C@H]1CCCN1C(=O)NCCOc1ccc(F)cc1. The first-order valence-electron chi connectivity index (χ1n) is 7.71. The number of ether oxygens (including phenoxy) is 2. The Bertz CT molecular complexity index is 467. The van der Waals surface area contributed by atoms with Gasteiger partial charge in [0.05, 0.1) is 19.2 Å². The number of nitrogens with zero attached hydrogens (tertiary/aromatic N) is 1. The van der Waals surface area contributed by atoms with Gasteiger partial charge in [-0.25, -0.2) is 9.18 Å². The number of rotatable bonds is 7. The van der Waals surface area contributed by atoms with E-state index in [2.05, 4.69) is 5.32 Å². The highest BCUT2D eigenvalue weighted by atomic mass is 19.1. The van der Waals surface area contributed by atoms with Gasteiger partial charge in [-0.15, -0.1) is 0 Å². The van der Waals surface area contributed by atoms with E-state index in [0.717, 1.165) is 19.4 Å². The van der Waals surface area contributed by atoms with E-state index >= 15 is 0 Å². The van der Waals surface area contributed by atoms with Gasteiger partial charge >= 0.3 is 6.03 Å². The van der Waals surface area contributed by atoms with Crippen LogP contribution >= 0.6 is 0 Å². The second kappa shape index (κ2) is 8.58. The van der Waals surface area contributed by atoms with Crippen LogP contribution in [0.4, 0.5) is 9.18 Å². The summed E-state index contributed by atoms with van der Waals surface area (Å²) in [7, 11) is 0. The van der Waals surface area contributed by atoms with Gasteiger partial charge in [-0.1, -0.05) is 0 Å². The fourth-order valence-corrected chi connectivity index (χ4v) is 2.49. The fourth-order valence-electron chi connectivity index (χ4n) is 2.49. The number of carbonyl (C=O) groups excluding carboxylic acids is 1. The summed E-state index contributed by atoms with van der Waals surface area (Å²) in [6, 6.07) is 5.90. The molecule has 0 spiro atoms. The maximum absolute atomic E-state index is 12.8. The second-order valence-corrected chi connectivity index (χ2v) is 5.18. The van der Waals surface area contributed by atoms with Crippen molar-refractivity contribution < 1.29 is 18.7 Å². The van der Waals surface area contributed by atoms with Crippen LogP contribution in [0.2, 0.25) is 0 Å². The Morgan fingerprint density at radius 1 is 1.41 bits per heavy atom. The molecule has 22 heavy (non-hydrogen) atoms. The minimum atomic E-state index is -0.296. The van der Waals surface area contributed by atoms with Crippen molar-refractivity contribution in [2.75, 3.05) is 32.9 Å². The Morgan fingerprint density at radius 3 is 2.91 bits per heavy atom. The molecule has 0 aromatic heterocycles. The summed E-state index contributed by atoms with van der Waals surface area (Å²) in [5.41, 5.74) is 0. The molecule has 0 radical (unpaired) electrons. The number of carbonyl (C=O) groups is 1. The van der Waals surface area contributed by atoms with Crippen molar-refractivity contribution in [1.82, 2.24) is 10.2 Å². The average Bonchev–Trinajstić information content (AvgIpc) is 2.99. The lowest BCUT2D eigenvalue weighted by Crippen LogP contribution is -2.45. The predicted molar refractivity (Wildman–Crippen MR) is 81.5 cm³/mol. The molecular weight excluding hydrogens is 287 g/mol. The molecule has 0 aliphatic carbocycles. The van der Waals surface area contributed by atoms with E-state index in [9.17, 15) is 9.18 Å². The van der Waals surface area contributed by atoms with Crippen molar-refractivity contribution in [2.24, 2.45) is 0 Å². The van der Waals surface area contributed by atoms with Gasteiger partial charge in [-0.2, -0.15) is 0 Å². The van der Waals surface area contributed by atoms with Crippen molar-refractivity contribution in [3.8, 4) is 5.75 Å². The number of amides is 2. The van der Waals surface area contributed by atoms with E-state index in [1.54, 1.807) is 12.1 Å². The molecule has 0 saturated carbocycles. The molecule has 1 aromatic rings. The summed E-state index contributed by atoms with van der Waals surface area (Å²) in [5.74, 6) is 0.293. The monoisotopic (exact) mass is 310 g/mol. The summed E-state index contributed by atoms with van der Waals surface area (Å²) in [4.78, 5) is 14.0. The van der Waals surface area contributed by atoms with Gasteiger partial charge in [0, 0.05) is 13.2 Å². The van der Waals surface area contributed by atoms with Gasteiger partial charge in [-0.3, -0.25) is 0 Å². The van der Waals surface area contributed by atoms with Crippen LogP contribution in [-0.4, -0.2) is 49.9 Å². The van der Waals surface area contributed by atoms with Crippen molar-refractivity contribution in [1.29, 1.82) is 0 Å². The molecule has 0 bridgehead atoms. The molecule has 1 heterocycles. The van der Waals surface area contributed by atoms with Crippen LogP contribution in [0.5, 0.6) is 5.75 Å². The van der Waals surface area contributed by atoms with Crippen LogP contribution in [0.25, 0.3) is 0 Å². The van der Waals surface area contributed by atoms with Crippen LogP contribution in [0.1, 0.15) is 19.8 Å². The van der Waals surface area contributed by atoms with Crippen molar-refractivity contribution in [3.05, 3.63) is 30.1 Å². The number of halogens is 1. The van der Waals surface area contributed by atoms with E-state index in [1.165, 1.54) is 12.1 Å². The largest absolute Gasteiger partial charge is 0.492 e. The van der Waals surface area contributed by atoms with Crippen LogP contribution in [0, 0.1) is 5.82 Å². The summed E-state index contributed by atoms with van der Waals surface area (Å²) in [6.45, 7) is 4.73. The zero-order valence-corrected chi connectivity index (χ0v) is 12.9. The molecule has 1 aromatic carbocycles. The lowest BCUT2D eigenvalue weighted by atomic mass is 10.2. The third-order valence-electron chi connectivity index (χ3n) is 3.61. The summed E-state index contributed by atoms with van der Waals surface area (Å²) >= 11 is 0. The quantitative estimate of drug-likeness (QED) is 0.787. The van der Waals surface area contributed by atoms with Gasteiger partial charge in [0.25, 0.3) is 0 Å². The minimum Gasteiger partial charge on any atom is -0.492 e. The van der Waals surface area contributed by atoms with Crippen molar-refractivity contribution in [2.45, 2.75) is 25.8 Å². The summed E-state index contributed by atoms with van der Waals surface area (Å²) in [6.07, 6.45) is 2.00. The Balaban J connectivity index is 1.67. The molecule has 2 amide bonds. The molecule has 1 atom stereocenters. The van der Waals surface area contributed by atoms with Crippen LogP contribution in [0.3, 0.4) is 0 Å². The smallest absolute Gasteiger partial charge is 0.317 e. The summed E-state index contributed by atoms with van der Waals surface area (Å²) < 4.78 is 23.6. The molecule has 2 rings (SSSR count).